The van der Waals surface area contributed by atoms with E-state index in [1.807, 2.05) is 48.0 Å². The molecule has 5 rings (SSSR count). The maximum atomic E-state index is 12.4. The number of fused-ring (bicyclic) bond motifs is 1. The van der Waals surface area contributed by atoms with Crippen molar-refractivity contribution in [3.05, 3.63) is 102 Å². The molecule has 1 aliphatic carbocycles. The molecule has 2 aromatic carbocycles. The van der Waals surface area contributed by atoms with Gasteiger partial charge in [0.2, 0.25) is 0 Å². The first-order valence-electron chi connectivity index (χ1n) is 10.9. The molecule has 33 heavy (non-hydrogen) atoms. The van der Waals surface area contributed by atoms with Crippen molar-refractivity contribution in [2.24, 2.45) is 5.10 Å². The summed E-state index contributed by atoms with van der Waals surface area (Å²) < 4.78 is 13.4. The molecular weight excluding hydrogens is 416 g/mol. The number of aromatic nitrogens is 2. The smallest absolute Gasteiger partial charge is 0.307 e. The van der Waals surface area contributed by atoms with Gasteiger partial charge in [0, 0.05) is 18.1 Å². The first-order valence-corrected chi connectivity index (χ1v) is 10.9. The van der Waals surface area contributed by atoms with E-state index in [1.165, 1.54) is 17.5 Å². The fraction of sp³-hybridized carbons (Fsp3) is 0.192. The number of hydrogen-bond acceptors (Lipinski definition) is 5. The Balaban J connectivity index is 1.17. The standard InChI is InChI=1S/C26H24N4O3/c1-18(19-5-8-22(9-6-19)30-14-13-27-17-30)28-29-26(31)25-12-11-24(33-25)16-32-23-10-7-20-3-2-4-21(20)15-23/h5-15,17H,2-4,16H2,1H3,(H,29,31). The van der Waals surface area contributed by atoms with E-state index in [9.17, 15) is 4.79 Å². The van der Waals surface area contributed by atoms with E-state index < -0.39 is 5.91 Å². The number of carbonyl (C=O) groups excluding carboxylic acids is 1. The zero-order valence-corrected chi connectivity index (χ0v) is 18.3. The minimum Gasteiger partial charge on any atom is -0.486 e. The van der Waals surface area contributed by atoms with Crippen LogP contribution in [0.3, 0.4) is 0 Å². The maximum Gasteiger partial charge on any atom is 0.307 e. The van der Waals surface area contributed by atoms with Gasteiger partial charge >= 0.3 is 5.91 Å². The van der Waals surface area contributed by atoms with Crippen molar-refractivity contribution in [3.8, 4) is 11.4 Å². The van der Waals surface area contributed by atoms with Crippen LogP contribution in [0, 0.1) is 0 Å². The van der Waals surface area contributed by atoms with Gasteiger partial charge in [-0.25, -0.2) is 10.4 Å². The first kappa shape index (κ1) is 20.8. The third-order valence-electron chi connectivity index (χ3n) is 5.75. The highest BCUT2D eigenvalue weighted by molar-refractivity contribution is 6.00. The highest BCUT2D eigenvalue weighted by atomic mass is 16.5. The van der Waals surface area contributed by atoms with E-state index in [-0.39, 0.29) is 12.4 Å². The Bertz CT molecular complexity index is 1290. The average molecular weight is 441 g/mol. The molecule has 0 saturated carbocycles. The van der Waals surface area contributed by atoms with Gasteiger partial charge in [0.1, 0.15) is 18.1 Å². The maximum absolute atomic E-state index is 12.4. The second-order valence-corrected chi connectivity index (χ2v) is 7.99. The molecule has 1 aliphatic rings. The second-order valence-electron chi connectivity index (χ2n) is 7.99. The third-order valence-corrected chi connectivity index (χ3v) is 5.75. The Morgan fingerprint density at radius 2 is 1.97 bits per heavy atom. The quantitative estimate of drug-likeness (QED) is 0.334. The lowest BCUT2D eigenvalue weighted by molar-refractivity contribution is 0.0923. The largest absolute Gasteiger partial charge is 0.486 e. The summed E-state index contributed by atoms with van der Waals surface area (Å²) >= 11 is 0. The zero-order chi connectivity index (χ0) is 22.6. The molecule has 2 heterocycles. The summed E-state index contributed by atoms with van der Waals surface area (Å²) in [5, 5.41) is 4.21. The van der Waals surface area contributed by atoms with Crippen LogP contribution in [0.25, 0.3) is 5.69 Å². The number of carbonyl (C=O) groups is 1. The van der Waals surface area contributed by atoms with Crippen molar-refractivity contribution in [3.63, 3.8) is 0 Å². The van der Waals surface area contributed by atoms with Crippen LogP contribution in [0.1, 0.15) is 46.3 Å². The van der Waals surface area contributed by atoms with E-state index in [4.69, 9.17) is 9.15 Å². The molecule has 0 spiro atoms. The molecule has 0 fully saturated rings. The van der Waals surface area contributed by atoms with Gasteiger partial charge in [-0.1, -0.05) is 18.2 Å². The molecule has 0 atom stereocenters. The molecule has 0 aliphatic heterocycles. The number of hydrogen-bond donors (Lipinski definition) is 1. The number of imidazole rings is 1. The van der Waals surface area contributed by atoms with Gasteiger partial charge in [-0.3, -0.25) is 4.79 Å². The van der Waals surface area contributed by atoms with Crippen LogP contribution in [0.4, 0.5) is 0 Å². The molecule has 0 radical (unpaired) electrons. The van der Waals surface area contributed by atoms with Gasteiger partial charge in [-0.05, 0) is 79.3 Å². The van der Waals surface area contributed by atoms with Gasteiger partial charge in [0.25, 0.3) is 0 Å². The lowest BCUT2D eigenvalue weighted by Gasteiger charge is -2.06. The molecule has 0 saturated heterocycles. The molecule has 1 N–H and O–H groups in total. The van der Waals surface area contributed by atoms with E-state index in [2.05, 4.69) is 27.6 Å². The highest BCUT2D eigenvalue weighted by Crippen LogP contribution is 2.26. The summed E-state index contributed by atoms with van der Waals surface area (Å²) in [4.78, 5) is 16.5. The zero-order valence-electron chi connectivity index (χ0n) is 18.3. The van der Waals surface area contributed by atoms with Gasteiger partial charge in [-0.2, -0.15) is 5.10 Å². The Morgan fingerprint density at radius 1 is 1.12 bits per heavy atom. The number of nitrogens with one attached hydrogen (secondary N) is 1. The number of aryl methyl sites for hydroxylation is 2. The van der Waals surface area contributed by atoms with E-state index in [0.717, 1.165) is 29.8 Å². The van der Waals surface area contributed by atoms with E-state index in [1.54, 1.807) is 24.7 Å². The van der Waals surface area contributed by atoms with Crippen LogP contribution >= 0.6 is 0 Å². The Kier molecular flexibility index (Phi) is 5.76. The summed E-state index contributed by atoms with van der Waals surface area (Å²) in [6.07, 6.45) is 8.80. The van der Waals surface area contributed by atoms with Gasteiger partial charge in [0.15, 0.2) is 5.76 Å². The van der Waals surface area contributed by atoms with Crippen LogP contribution in [0.2, 0.25) is 0 Å². The fourth-order valence-corrected chi connectivity index (χ4v) is 3.91. The SMILES string of the molecule is CC(=NNC(=O)c1ccc(COc2ccc3c(c2)CCC3)o1)c1ccc(-n2ccnc2)cc1. The predicted molar refractivity (Wildman–Crippen MR) is 125 cm³/mol. The number of ether oxygens (including phenoxy) is 1. The first-order chi connectivity index (χ1) is 16.2. The topological polar surface area (TPSA) is 81.6 Å². The highest BCUT2D eigenvalue weighted by Gasteiger charge is 2.13. The summed E-state index contributed by atoms with van der Waals surface area (Å²) in [5.41, 5.74) is 7.91. The monoisotopic (exact) mass is 440 g/mol. The number of nitrogens with zero attached hydrogens (tertiary/aromatic N) is 3. The number of hydrazone groups is 1. The summed E-state index contributed by atoms with van der Waals surface area (Å²) in [5.74, 6) is 1.18. The number of furan rings is 1. The van der Waals surface area contributed by atoms with Crippen LogP contribution in [-0.4, -0.2) is 21.2 Å². The molecule has 2 aromatic heterocycles. The van der Waals surface area contributed by atoms with Gasteiger partial charge < -0.3 is 13.7 Å². The third kappa shape index (κ3) is 4.72. The van der Waals surface area contributed by atoms with Crippen molar-refractivity contribution in [2.75, 3.05) is 0 Å². The van der Waals surface area contributed by atoms with Gasteiger partial charge in [0.05, 0.1) is 12.0 Å². The minimum absolute atomic E-state index is 0.189. The molecule has 7 nitrogen and oxygen atoms in total. The number of benzene rings is 2. The van der Waals surface area contributed by atoms with Crippen LogP contribution in [0.15, 0.2) is 82.8 Å². The Labute approximate surface area is 191 Å². The molecule has 0 bridgehead atoms. The molecule has 0 unspecified atom stereocenters. The predicted octanol–water partition coefficient (Wildman–Crippen LogP) is 4.69. The lowest BCUT2D eigenvalue weighted by Crippen LogP contribution is -2.18. The van der Waals surface area contributed by atoms with Crippen molar-refractivity contribution in [1.29, 1.82) is 0 Å². The summed E-state index contributed by atoms with van der Waals surface area (Å²) in [7, 11) is 0. The van der Waals surface area contributed by atoms with E-state index in [0.29, 0.717) is 11.5 Å². The number of amides is 1. The molecule has 7 heteroatoms. The molecule has 1 amide bonds. The lowest BCUT2D eigenvalue weighted by atomic mass is 10.1. The van der Waals surface area contributed by atoms with Crippen LogP contribution in [-0.2, 0) is 19.4 Å². The normalized spacial score (nSPS) is 13.1. The molecular formula is C26H24N4O3. The Morgan fingerprint density at radius 3 is 2.79 bits per heavy atom. The van der Waals surface area contributed by atoms with Crippen molar-refractivity contribution < 1.29 is 13.9 Å². The van der Waals surface area contributed by atoms with E-state index >= 15 is 0 Å². The fourth-order valence-electron chi connectivity index (χ4n) is 3.91. The van der Waals surface area contributed by atoms with Crippen LogP contribution in [0.5, 0.6) is 5.75 Å². The van der Waals surface area contributed by atoms with Gasteiger partial charge in [-0.15, -0.1) is 0 Å². The summed E-state index contributed by atoms with van der Waals surface area (Å²) in [6, 6.07) is 17.4. The Hall–Kier alpha value is -4.13. The van der Waals surface area contributed by atoms with Crippen molar-refractivity contribution in [1.82, 2.24) is 15.0 Å². The minimum atomic E-state index is -0.409. The van der Waals surface area contributed by atoms with Crippen molar-refractivity contribution in [2.45, 2.75) is 32.8 Å². The molecule has 166 valence electrons. The van der Waals surface area contributed by atoms with Crippen molar-refractivity contribution >= 4 is 11.6 Å². The second kappa shape index (κ2) is 9.16. The summed E-state index contributed by atoms with van der Waals surface area (Å²) in [6.45, 7) is 2.10. The average Bonchev–Trinajstić information content (AvgIpc) is 3.62. The molecule has 4 aromatic rings. The van der Waals surface area contributed by atoms with Crippen LogP contribution < -0.4 is 10.2 Å². The number of rotatable bonds is 7.